The highest BCUT2D eigenvalue weighted by Gasteiger charge is 1.58. The van der Waals surface area contributed by atoms with Crippen LogP contribution in [0.5, 0.6) is 0 Å². The lowest BCUT2D eigenvalue weighted by Gasteiger charge is -1.69. The number of rotatable bonds is 0. The fourth-order valence-corrected chi connectivity index (χ4v) is 0.770. The maximum absolute atomic E-state index is 4.50. The second kappa shape index (κ2) is 42.7. The Bertz CT molecular complexity index is 209. The van der Waals surface area contributed by atoms with Crippen molar-refractivity contribution in [1.82, 2.24) is 0 Å². The zero-order valence-corrected chi connectivity index (χ0v) is 15.5. The summed E-state index contributed by atoms with van der Waals surface area (Å²) < 4.78 is 0. The normalized spacial score (nSPS) is 6.55. The Kier molecular flexibility index (Phi) is 55.4. The summed E-state index contributed by atoms with van der Waals surface area (Å²) in [5.41, 5.74) is 9.00. The summed E-state index contributed by atoms with van der Waals surface area (Å²) >= 11 is 0. The quantitative estimate of drug-likeness (QED) is 0.688. The first kappa shape index (κ1) is 28.5. The molecule has 2 rings (SSSR count). The molecule has 0 fully saturated rings. The first-order valence-electron chi connectivity index (χ1n) is 7.98. The van der Waals surface area contributed by atoms with Crippen LogP contribution in [0.2, 0.25) is 0 Å². The minimum Gasteiger partial charge on any atom is -0.333 e. The molecule has 0 unspecified atom stereocenters. The third kappa shape index (κ3) is 51.6. The molecular weight excluding hydrogens is 268 g/mol. The summed E-state index contributed by atoms with van der Waals surface area (Å²) in [6.45, 7) is 8.50. The van der Waals surface area contributed by atoms with Crippen molar-refractivity contribution in [2.75, 3.05) is 14.1 Å². The van der Waals surface area contributed by atoms with Gasteiger partial charge in [-0.15, -0.1) is 0 Å². The van der Waals surface area contributed by atoms with Gasteiger partial charge >= 0.3 is 0 Å². The van der Waals surface area contributed by atoms with E-state index in [4.69, 9.17) is 0 Å². The Morgan fingerprint density at radius 1 is 0.364 bits per heavy atom. The van der Waals surface area contributed by atoms with E-state index in [1.807, 2.05) is 72.8 Å². The van der Waals surface area contributed by atoms with Gasteiger partial charge in [0.15, 0.2) is 0 Å². The van der Waals surface area contributed by atoms with Gasteiger partial charge in [-0.05, 0) is 14.1 Å². The van der Waals surface area contributed by atoms with Crippen LogP contribution >= 0.6 is 0 Å². The minimum absolute atomic E-state index is 1.25. The van der Waals surface area contributed by atoms with Crippen molar-refractivity contribution in [3.05, 3.63) is 72.8 Å². The summed E-state index contributed by atoms with van der Waals surface area (Å²) in [5, 5.41) is 0. The van der Waals surface area contributed by atoms with E-state index in [1.165, 1.54) is 26.9 Å². The maximum Gasteiger partial charge on any atom is -0.0195 e. The van der Waals surface area contributed by atoms with E-state index in [-0.39, 0.29) is 0 Å². The van der Waals surface area contributed by atoms with Gasteiger partial charge in [0, 0.05) is 0 Å². The van der Waals surface area contributed by atoms with Crippen molar-refractivity contribution in [3.8, 4) is 0 Å². The minimum atomic E-state index is 1.25. The van der Waals surface area contributed by atoms with E-state index >= 15 is 0 Å². The fourth-order valence-electron chi connectivity index (χ4n) is 0.770. The summed E-state index contributed by atoms with van der Waals surface area (Å²) in [5.74, 6) is 0. The molecule has 22 heavy (non-hydrogen) atoms. The molecule has 0 saturated carbocycles. The van der Waals surface area contributed by atoms with Crippen molar-refractivity contribution >= 4 is 0 Å². The predicted molar refractivity (Wildman–Crippen MR) is 105 cm³/mol. The zero-order chi connectivity index (χ0) is 17.9. The van der Waals surface area contributed by atoms with Crippen LogP contribution in [0.25, 0.3) is 0 Å². The number of nitrogens with two attached hydrogens (primary N) is 2. The van der Waals surface area contributed by atoms with Crippen molar-refractivity contribution in [2.45, 2.75) is 40.5 Å². The molecule has 128 valence electrons. The Morgan fingerprint density at radius 3 is 0.455 bits per heavy atom. The summed E-state index contributed by atoms with van der Waals surface area (Å²) in [4.78, 5) is 0. The van der Waals surface area contributed by atoms with Crippen molar-refractivity contribution < 1.29 is 0 Å². The van der Waals surface area contributed by atoms with E-state index in [0.29, 0.717) is 0 Å². The Balaban J connectivity index is -0.0000000954. The van der Waals surface area contributed by atoms with Gasteiger partial charge in [-0.25, -0.2) is 0 Å². The smallest absolute Gasteiger partial charge is 0.0195 e. The van der Waals surface area contributed by atoms with E-state index < -0.39 is 0 Å². The third-order valence-electron chi connectivity index (χ3n) is 1.33. The van der Waals surface area contributed by atoms with Crippen LogP contribution in [0.4, 0.5) is 0 Å². The lowest BCUT2D eigenvalue weighted by Crippen LogP contribution is -1.69. The van der Waals surface area contributed by atoms with Gasteiger partial charge in [0.05, 0.1) is 0 Å². The second-order valence-electron chi connectivity index (χ2n) is 3.72. The van der Waals surface area contributed by atoms with Crippen LogP contribution in [0.3, 0.4) is 0 Å². The monoisotopic (exact) mass is 306 g/mol. The summed E-state index contributed by atoms with van der Waals surface area (Å²) in [7, 11) is 3.00. The van der Waals surface area contributed by atoms with Crippen LogP contribution in [-0.4, -0.2) is 14.1 Å². The largest absolute Gasteiger partial charge is 0.333 e. The molecule has 0 aliphatic carbocycles. The van der Waals surface area contributed by atoms with Crippen LogP contribution in [-0.2, 0) is 0 Å². The Labute approximate surface area is 139 Å². The van der Waals surface area contributed by atoms with E-state index in [0.717, 1.165) is 0 Å². The molecule has 2 nitrogen and oxygen atoms in total. The molecule has 2 aromatic carbocycles. The molecule has 0 aliphatic rings. The molecule has 0 aliphatic heterocycles. The van der Waals surface area contributed by atoms with Crippen LogP contribution in [0.1, 0.15) is 40.5 Å². The van der Waals surface area contributed by atoms with Crippen molar-refractivity contribution in [1.29, 1.82) is 0 Å². The lowest BCUT2D eigenvalue weighted by atomic mass is 10.4. The first-order valence-corrected chi connectivity index (χ1v) is 7.98. The Morgan fingerprint density at radius 2 is 0.409 bits per heavy atom. The molecule has 4 N–H and O–H groups in total. The van der Waals surface area contributed by atoms with Crippen molar-refractivity contribution in [2.24, 2.45) is 11.5 Å². The van der Waals surface area contributed by atoms with E-state index in [2.05, 4.69) is 39.2 Å². The molecule has 0 aromatic heterocycles. The van der Waals surface area contributed by atoms with Gasteiger partial charge in [0.2, 0.25) is 0 Å². The highest BCUT2D eigenvalue weighted by atomic mass is 14.4. The van der Waals surface area contributed by atoms with Gasteiger partial charge in [0.1, 0.15) is 0 Å². The molecule has 0 heterocycles. The van der Waals surface area contributed by atoms with Gasteiger partial charge < -0.3 is 11.5 Å². The van der Waals surface area contributed by atoms with E-state index in [9.17, 15) is 0 Å². The highest BCUT2D eigenvalue weighted by molar-refractivity contribution is 4.99. The number of hydrogen-bond donors (Lipinski definition) is 2. The van der Waals surface area contributed by atoms with E-state index in [1.54, 1.807) is 0 Å². The van der Waals surface area contributed by atoms with Crippen LogP contribution in [0.15, 0.2) is 72.8 Å². The summed E-state index contributed by atoms with van der Waals surface area (Å²) in [6, 6.07) is 24.0. The topological polar surface area (TPSA) is 52.0 Å². The van der Waals surface area contributed by atoms with Gasteiger partial charge in [-0.3, -0.25) is 0 Å². The Hall–Kier alpha value is -1.64. The molecule has 2 heteroatoms. The number of hydrogen-bond acceptors (Lipinski definition) is 2. The molecule has 0 bridgehead atoms. The molecule has 2 aromatic rings. The number of benzene rings is 2. The summed E-state index contributed by atoms with van der Waals surface area (Å²) in [6.07, 6.45) is 2.50. The second-order valence-corrected chi connectivity index (χ2v) is 3.72. The SMILES string of the molecule is CCC.CCC.CN.CN.c1ccccc1.c1ccccc1. The molecule has 0 atom stereocenters. The van der Waals surface area contributed by atoms with Gasteiger partial charge in [0.25, 0.3) is 0 Å². The molecule has 0 spiro atoms. The standard InChI is InChI=1S/2C6H6.2C3H8.2CH5N/c2*1-2-4-6-5-3-1;2*1-3-2;2*1-2/h2*1-6H;2*3H2,1-2H3;2*2H2,1H3. The third-order valence-corrected chi connectivity index (χ3v) is 1.33. The fraction of sp³-hybridized carbons (Fsp3) is 0.400. The molecular formula is C20H38N2. The predicted octanol–water partition coefficient (Wildman–Crippen LogP) is 5.36. The van der Waals surface area contributed by atoms with Crippen LogP contribution < -0.4 is 11.5 Å². The average Bonchev–Trinajstić information content (AvgIpc) is 2.63. The maximum atomic E-state index is 4.50. The molecule has 0 radical (unpaired) electrons. The molecule has 0 amide bonds. The van der Waals surface area contributed by atoms with Gasteiger partial charge in [-0.2, -0.15) is 0 Å². The average molecular weight is 307 g/mol. The lowest BCUT2D eigenvalue weighted by molar-refractivity contribution is 1.09. The van der Waals surface area contributed by atoms with Gasteiger partial charge in [-0.1, -0.05) is 113 Å². The zero-order valence-electron chi connectivity index (χ0n) is 15.5. The highest BCUT2D eigenvalue weighted by Crippen LogP contribution is 1.80. The van der Waals surface area contributed by atoms with Crippen LogP contribution in [0, 0.1) is 0 Å². The molecule has 0 saturated heterocycles. The first-order chi connectivity index (χ1) is 10.8. The van der Waals surface area contributed by atoms with Crippen molar-refractivity contribution in [3.63, 3.8) is 0 Å².